The maximum absolute atomic E-state index is 12.3. The van der Waals surface area contributed by atoms with Crippen LogP contribution in [0.2, 0.25) is 0 Å². The third kappa shape index (κ3) is 33.4. The number of ether oxygens (including phenoxy) is 4. The molecular formula is C49H60F6GdN4O14PZn2. The molecule has 4 atom stereocenters. The number of benzene rings is 4. The van der Waals surface area contributed by atoms with Gasteiger partial charge in [0.2, 0.25) is 0 Å². The van der Waals surface area contributed by atoms with Crippen molar-refractivity contribution in [2.45, 2.75) is 89.4 Å². The smallest absolute Gasteiger partial charge is 0.412 e. The second-order valence-corrected chi connectivity index (χ2v) is 17.3. The van der Waals surface area contributed by atoms with Crippen LogP contribution in [0.4, 0.5) is 25.2 Å². The van der Waals surface area contributed by atoms with E-state index in [0.717, 1.165) is 72.3 Å². The molecule has 0 bridgehead atoms. The second kappa shape index (κ2) is 38.1. The molecule has 0 aromatic heterocycles. The minimum Gasteiger partial charge on any atom is -0.412 e. The molecule has 0 unspecified atom stereocenters. The zero-order valence-electron chi connectivity index (χ0n) is 43.3. The van der Waals surface area contributed by atoms with E-state index in [2.05, 4.69) is 20.0 Å². The van der Waals surface area contributed by atoms with Gasteiger partial charge in [-0.15, -0.1) is 0 Å². The van der Waals surface area contributed by atoms with E-state index in [0.29, 0.717) is 45.3 Å². The zero-order valence-corrected chi connectivity index (χ0v) is 52.4. The first-order valence-corrected chi connectivity index (χ1v) is 24.1. The molecule has 77 heavy (non-hydrogen) atoms. The van der Waals surface area contributed by atoms with E-state index in [1.807, 2.05) is 0 Å². The Bertz CT molecular complexity index is 2190. The van der Waals surface area contributed by atoms with Gasteiger partial charge in [-0.2, -0.15) is 0 Å². The van der Waals surface area contributed by atoms with E-state index in [-0.39, 0.29) is 132 Å². The number of halogens is 6. The predicted octanol–water partition coefficient (Wildman–Crippen LogP) is 5.07. The molecule has 1 radical (unpaired) electrons. The molecule has 4 aromatic carbocycles. The van der Waals surface area contributed by atoms with Crippen molar-refractivity contribution in [1.82, 2.24) is 0 Å². The summed E-state index contributed by atoms with van der Waals surface area (Å²) < 4.78 is 79.5. The van der Waals surface area contributed by atoms with Gasteiger partial charge in [0.15, 0.2) is 0 Å². The Morgan fingerprint density at radius 1 is 0.481 bits per heavy atom. The summed E-state index contributed by atoms with van der Waals surface area (Å²) in [6.45, 7) is 1.94. The predicted molar refractivity (Wildman–Crippen MR) is 259 cm³/mol. The molecule has 0 heterocycles. The van der Waals surface area contributed by atoms with E-state index >= 15 is 0 Å². The molecule has 2 saturated carbocycles. The van der Waals surface area contributed by atoms with E-state index in [9.17, 15) is 45.6 Å². The van der Waals surface area contributed by atoms with Gasteiger partial charge in [0.05, 0.1) is 52.6 Å². The normalized spacial score (nSPS) is 17.3. The summed E-state index contributed by atoms with van der Waals surface area (Å²) in [5, 5.41) is 73.9. The van der Waals surface area contributed by atoms with Crippen LogP contribution in [0.3, 0.4) is 0 Å². The second-order valence-electron chi connectivity index (χ2n) is 15.4. The molecule has 4 aromatic rings. The number of aliphatic imine (C=N–C) groups is 4. The number of aliphatic hydroxyl groups excluding tert-OH is 1. The third-order valence-electron chi connectivity index (χ3n) is 9.93. The molecule has 0 spiro atoms. The van der Waals surface area contributed by atoms with Crippen molar-refractivity contribution in [2.75, 3.05) is 35.5 Å². The van der Waals surface area contributed by atoms with Crippen LogP contribution in [0, 0.1) is 39.9 Å². The Morgan fingerprint density at radius 2 is 0.636 bits per heavy atom. The SMILES string of the molecule is CC(=O)[O-].CC(=O)[O-].CO.COc1cccc(C=N[C@@H]2CCCC[C@H]2N=Cc2cccc(OC)c2[O-])c1[O-].COc1cccc(C=N[C@@H]2CCCC[C@H]2N=Cc2cccc(OC)c2[O-])c1[O-].F[P-](F)(F)(F)(F)F.O.[Gd+3].[Zn+2].[Zn+2]. The molecule has 3 N–H and O–H groups in total. The number of carboxylic acid groups (broad SMARTS) is 2. The number of nitrogens with zero attached hydrogens (tertiary/aromatic N) is 4. The number of carbonyl (C=O) groups is 2. The Hall–Kier alpha value is -4.60. The first-order valence-electron chi connectivity index (χ1n) is 22.0. The fourth-order valence-corrected chi connectivity index (χ4v) is 6.76. The van der Waals surface area contributed by atoms with Crippen LogP contribution in [0.5, 0.6) is 46.0 Å². The van der Waals surface area contributed by atoms with Gasteiger partial charge in [-0.3, -0.25) is 20.0 Å². The Labute approximate surface area is 500 Å². The van der Waals surface area contributed by atoms with Gasteiger partial charge in [-0.1, -0.05) is 97.2 Å². The fraction of sp³-hybridized carbons (Fsp3) is 0.388. The van der Waals surface area contributed by atoms with Crippen LogP contribution in [-0.2, 0) is 48.5 Å². The van der Waals surface area contributed by atoms with Crippen molar-refractivity contribution in [3.05, 3.63) is 95.1 Å². The molecule has 18 nitrogen and oxygen atoms in total. The summed E-state index contributed by atoms with van der Waals surface area (Å²) in [6.07, 6.45) is 14.4. The molecule has 28 heteroatoms. The number of aliphatic hydroxyl groups is 1. The average molecular weight is 1360 g/mol. The van der Waals surface area contributed by atoms with Gasteiger partial charge < -0.3 is 69.8 Å². The van der Waals surface area contributed by atoms with Crippen molar-refractivity contribution >= 4 is 44.6 Å². The topological polar surface area (TPSA) is 311 Å². The number of aliphatic carboxylic acids is 2. The molecule has 419 valence electrons. The number of hydrogen-bond donors (Lipinski definition) is 1. The Morgan fingerprint density at radius 3 is 0.779 bits per heavy atom. The number of carboxylic acids is 2. The summed E-state index contributed by atoms with van der Waals surface area (Å²) in [5.41, 5.74) is 2.01. The molecular weight excluding hydrogens is 1300 g/mol. The maximum Gasteiger partial charge on any atom is 3.00 e. The zero-order chi connectivity index (χ0) is 55.4. The van der Waals surface area contributed by atoms with E-state index in [1.54, 1.807) is 97.7 Å². The molecule has 0 amide bonds. The standard InChI is InChI=1S/2C22H26N2O4.2C2H4O2.CH4O.F6P.Gd.H2O.2Zn/c2*1-27-19-11-5-7-15(21(19)25)13-23-17-9-3-4-10-18(17)24-14-16-8-6-12-20(28-2)22(16)26;2*1-2(3)4;1-2;1-7(2,3,4,5)6;;;;/h2*5-8,11-14,17-18,25-26H,3-4,9-10H2,1-2H3;2*1H3,(H,3,4);2H,1H3;;;1H2;;/q;;;;;-1;+3;;2*+2/p-6/t2*17-,18-;;;;;;;;/m11......../s1. The summed E-state index contributed by atoms with van der Waals surface area (Å²) in [7, 11) is -3.74. The van der Waals surface area contributed by atoms with Crippen LogP contribution in [0.15, 0.2) is 92.8 Å². The summed E-state index contributed by atoms with van der Waals surface area (Å²) >= 11 is 0. The number of methoxy groups -OCH3 is 4. The van der Waals surface area contributed by atoms with Crippen LogP contribution < -0.4 is 49.6 Å². The van der Waals surface area contributed by atoms with Crippen molar-refractivity contribution in [2.24, 2.45) is 20.0 Å². The minimum atomic E-state index is -10.7. The first kappa shape index (κ1) is 78.9. The van der Waals surface area contributed by atoms with Crippen LogP contribution in [0.25, 0.3) is 0 Å². The van der Waals surface area contributed by atoms with Crippen molar-refractivity contribution < 1.29 is 174 Å². The summed E-state index contributed by atoms with van der Waals surface area (Å²) in [5.74, 6) is -1.61. The van der Waals surface area contributed by atoms with E-state index in [4.69, 9.17) is 43.9 Å². The average Bonchev–Trinajstić information content (AvgIpc) is 3.33. The number of hydrogen-bond acceptors (Lipinski definition) is 17. The van der Waals surface area contributed by atoms with Crippen LogP contribution in [0.1, 0.15) is 87.5 Å². The molecule has 2 aliphatic carbocycles. The number of carbonyl (C=O) groups excluding carboxylic acids is 2. The minimum absolute atomic E-state index is 0. The molecule has 0 saturated heterocycles. The Kier molecular flexibility index (Phi) is 39.0. The van der Waals surface area contributed by atoms with Crippen LogP contribution >= 0.6 is 7.81 Å². The van der Waals surface area contributed by atoms with Gasteiger partial charge >= 0.3 is 112 Å². The van der Waals surface area contributed by atoms with Crippen molar-refractivity contribution in [1.29, 1.82) is 0 Å². The van der Waals surface area contributed by atoms with Gasteiger partial charge in [0.25, 0.3) is 0 Å². The van der Waals surface area contributed by atoms with E-state index < -0.39 is 19.7 Å². The fourth-order valence-electron chi connectivity index (χ4n) is 6.76. The van der Waals surface area contributed by atoms with Gasteiger partial charge in [0, 0.05) is 43.9 Å². The summed E-state index contributed by atoms with van der Waals surface area (Å²) in [6, 6.07) is 20.5. The van der Waals surface area contributed by atoms with Crippen LogP contribution in [-0.4, -0.2) is 107 Å². The quantitative estimate of drug-likeness (QED) is 0.0839. The van der Waals surface area contributed by atoms with Crippen molar-refractivity contribution in [3.8, 4) is 46.0 Å². The molecule has 2 fully saturated rings. The maximum atomic E-state index is 12.3. The van der Waals surface area contributed by atoms with Crippen molar-refractivity contribution in [3.63, 3.8) is 0 Å². The summed E-state index contributed by atoms with van der Waals surface area (Å²) in [4.78, 5) is 36.3. The van der Waals surface area contributed by atoms with E-state index in [1.165, 1.54) is 28.4 Å². The number of para-hydroxylation sites is 4. The number of rotatable bonds is 12. The molecule has 0 aliphatic heterocycles. The molecule has 6 rings (SSSR count). The Balaban J connectivity index is -0.000000513. The van der Waals surface area contributed by atoms with Gasteiger partial charge in [0.1, 0.15) is 23.0 Å². The molecule has 2 aliphatic rings. The third-order valence-corrected chi connectivity index (χ3v) is 9.93. The largest absolute Gasteiger partial charge is 3.00 e. The monoisotopic (exact) mass is 1360 g/mol. The van der Waals surface area contributed by atoms with Gasteiger partial charge in [-0.05, 0) is 86.1 Å². The first-order chi connectivity index (χ1) is 34.2. The van der Waals surface area contributed by atoms with Gasteiger partial charge in [-0.25, -0.2) is 0 Å².